The van der Waals surface area contributed by atoms with Crippen LogP contribution in [-0.2, 0) is 9.53 Å². The maximum absolute atomic E-state index is 11.7. The van der Waals surface area contributed by atoms with Crippen LogP contribution >= 0.6 is 0 Å². The monoisotopic (exact) mass is 241 g/mol. The van der Waals surface area contributed by atoms with Gasteiger partial charge in [-0.1, -0.05) is 24.3 Å². The van der Waals surface area contributed by atoms with Gasteiger partial charge in [0.15, 0.2) is 0 Å². The highest BCUT2D eigenvalue weighted by Crippen LogP contribution is 2.49. The first-order chi connectivity index (χ1) is 8.81. The molecular weight excluding hydrogens is 226 g/mol. The summed E-state index contributed by atoms with van der Waals surface area (Å²) >= 11 is 0. The van der Waals surface area contributed by atoms with Gasteiger partial charge in [-0.25, -0.2) is 0 Å². The van der Waals surface area contributed by atoms with Crippen LogP contribution in [0.3, 0.4) is 0 Å². The van der Waals surface area contributed by atoms with Gasteiger partial charge in [0.1, 0.15) is 0 Å². The largest absolute Gasteiger partial charge is 0.466 e. The van der Waals surface area contributed by atoms with E-state index in [-0.39, 0.29) is 17.8 Å². The number of benzene rings is 1. The van der Waals surface area contributed by atoms with Crippen molar-refractivity contribution < 1.29 is 9.53 Å². The second-order valence-corrected chi connectivity index (χ2v) is 4.62. The molecule has 0 saturated heterocycles. The summed E-state index contributed by atoms with van der Waals surface area (Å²) in [6, 6.07) is 10.2. The summed E-state index contributed by atoms with van der Waals surface area (Å²) in [5.74, 6) is 0.149. The van der Waals surface area contributed by atoms with Crippen molar-refractivity contribution in [3.8, 4) is 0 Å². The zero-order valence-electron chi connectivity index (χ0n) is 10.3. The Morgan fingerprint density at radius 2 is 2.22 bits per heavy atom. The lowest BCUT2D eigenvalue weighted by Crippen LogP contribution is -2.07. The normalized spacial score (nSPS) is 21.8. The Morgan fingerprint density at radius 1 is 1.39 bits per heavy atom. The van der Waals surface area contributed by atoms with Crippen molar-refractivity contribution in [3.05, 3.63) is 42.2 Å². The number of aromatic nitrogens is 1. The third-order valence-electron chi connectivity index (χ3n) is 3.44. The van der Waals surface area contributed by atoms with E-state index in [2.05, 4.69) is 17.1 Å². The number of pyridine rings is 1. The predicted octanol–water partition coefficient (Wildman–Crippen LogP) is 2.90. The van der Waals surface area contributed by atoms with E-state index in [1.807, 2.05) is 31.3 Å². The molecule has 0 amide bonds. The Hall–Kier alpha value is -1.90. The Kier molecular flexibility index (Phi) is 2.74. The molecule has 0 aliphatic heterocycles. The number of hydrogen-bond acceptors (Lipinski definition) is 3. The molecule has 0 radical (unpaired) electrons. The first-order valence-electron chi connectivity index (χ1n) is 6.31. The fourth-order valence-electron chi connectivity index (χ4n) is 2.45. The molecule has 0 bridgehead atoms. The summed E-state index contributed by atoms with van der Waals surface area (Å²) in [6.07, 6.45) is 2.68. The highest BCUT2D eigenvalue weighted by molar-refractivity contribution is 5.87. The summed E-state index contributed by atoms with van der Waals surface area (Å²) in [7, 11) is 0. The first-order valence-corrected chi connectivity index (χ1v) is 6.31. The highest BCUT2D eigenvalue weighted by atomic mass is 16.5. The van der Waals surface area contributed by atoms with Gasteiger partial charge in [-0.15, -0.1) is 0 Å². The van der Waals surface area contributed by atoms with Gasteiger partial charge in [-0.05, 0) is 24.8 Å². The quantitative estimate of drug-likeness (QED) is 0.776. The topological polar surface area (TPSA) is 39.2 Å². The van der Waals surface area contributed by atoms with E-state index in [1.54, 1.807) is 0 Å². The van der Waals surface area contributed by atoms with Crippen molar-refractivity contribution in [2.45, 2.75) is 19.3 Å². The molecule has 0 N–H and O–H groups in total. The number of nitrogens with zero attached hydrogens (tertiary/aromatic N) is 1. The molecule has 2 aromatic rings. The van der Waals surface area contributed by atoms with Gasteiger partial charge < -0.3 is 4.74 Å². The van der Waals surface area contributed by atoms with Crippen LogP contribution < -0.4 is 0 Å². The van der Waals surface area contributed by atoms with Crippen molar-refractivity contribution in [1.82, 2.24) is 4.98 Å². The molecule has 1 fully saturated rings. The van der Waals surface area contributed by atoms with Crippen LogP contribution in [0.5, 0.6) is 0 Å². The van der Waals surface area contributed by atoms with Crippen LogP contribution in [0, 0.1) is 5.92 Å². The lowest BCUT2D eigenvalue weighted by Gasteiger charge is -2.05. The Labute approximate surface area is 106 Å². The number of carbonyl (C=O) groups is 1. The Balaban J connectivity index is 1.91. The Bertz CT molecular complexity index is 589. The molecule has 0 spiro atoms. The third kappa shape index (κ3) is 1.86. The van der Waals surface area contributed by atoms with Gasteiger partial charge in [-0.2, -0.15) is 0 Å². The van der Waals surface area contributed by atoms with Crippen molar-refractivity contribution in [3.63, 3.8) is 0 Å². The fraction of sp³-hybridized carbons (Fsp3) is 0.333. The number of carbonyl (C=O) groups excluding carboxylic acids is 1. The first kappa shape index (κ1) is 11.2. The second kappa shape index (κ2) is 4.41. The smallest absolute Gasteiger partial charge is 0.309 e. The molecule has 18 heavy (non-hydrogen) atoms. The van der Waals surface area contributed by atoms with E-state index < -0.39 is 0 Å². The van der Waals surface area contributed by atoms with Gasteiger partial charge in [0, 0.05) is 17.5 Å². The molecular formula is C15H15NO2. The molecule has 1 aromatic carbocycles. The number of ether oxygens (including phenoxy) is 1. The fourth-order valence-corrected chi connectivity index (χ4v) is 2.45. The molecule has 2 atom stereocenters. The van der Waals surface area contributed by atoms with Crippen LogP contribution in [0.2, 0.25) is 0 Å². The van der Waals surface area contributed by atoms with Crippen molar-refractivity contribution in [2.75, 3.05) is 6.61 Å². The standard InChI is InChI=1S/C15H15NO2/c1-2-18-15(17)13-9-12(13)14-11-6-4-3-5-10(11)7-8-16-14/h3-8,12-13H,2,9H2,1H3. The number of hydrogen-bond donors (Lipinski definition) is 0. The molecule has 3 nitrogen and oxygen atoms in total. The minimum absolute atomic E-state index is 0.00301. The van der Waals surface area contributed by atoms with E-state index in [4.69, 9.17) is 4.74 Å². The molecule has 1 aliphatic rings. The maximum atomic E-state index is 11.7. The van der Waals surface area contributed by atoms with Gasteiger partial charge >= 0.3 is 5.97 Å². The zero-order chi connectivity index (χ0) is 12.5. The lowest BCUT2D eigenvalue weighted by atomic mass is 10.1. The molecule has 1 heterocycles. The SMILES string of the molecule is CCOC(=O)C1CC1c1nccc2ccccc12. The molecule has 2 unspecified atom stereocenters. The van der Waals surface area contributed by atoms with Gasteiger partial charge in [0.05, 0.1) is 18.2 Å². The van der Waals surface area contributed by atoms with E-state index >= 15 is 0 Å². The molecule has 1 saturated carbocycles. The van der Waals surface area contributed by atoms with Gasteiger partial charge in [-0.3, -0.25) is 9.78 Å². The van der Waals surface area contributed by atoms with E-state index in [0.717, 1.165) is 17.5 Å². The molecule has 1 aromatic heterocycles. The number of rotatable bonds is 3. The summed E-state index contributed by atoms with van der Waals surface area (Å²) in [6.45, 7) is 2.29. The molecule has 3 rings (SSSR count). The lowest BCUT2D eigenvalue weighted by molar-refractivity contribution is -0.144. The van der Waals surface area contributed by atoms with Crippen LogP contribution in [-0.4, -0.2) is 17.6 Å². The molecule has 92 valence electrons. The van der Waals surface area contributed by atoms with Crippen molar-refractivity contribution in [1.29, 1.82) is 0 Å². The average Bonchev–Trinajstić information content (AvgIpc) is 3.18. The van der Waals surface area contributed by atoms with E-state index in [9.17, 15) is 4.79 Å². The van der Waals surface area contributed by atoms with Crippen LogP contribution in [0.25, 0.3) is 10.8 Å². The predicted molar refractivity (Wildman–Crippen MR) is 69.2 cm³/mol. The van der Waals surface area contributed by atoms with E-state index in [1.165, 1.54) is 5.39 Å². The van der Waals surface area contributed by atoms with Crippen molar-refractivity contribution in [2.24, 2.45) is 5.92 Å². The maximum Gasteiger partial charge on any atom is 0.309 e. The van der Waals surface area contributed by atoms with Crippen LogP contribution in [0.1, 0.15) is 25.0 Å². The van der Waals surface area contributed by atoms with Gasteiger partial charge in [0.25, 0.3) is 0 Å². The highest BCUT2D eigenvalue weighted by Gasteiger charge is 2.46. The van der Waals surface area contributed by atoms with Crippen LogP contribution in [0.15, 0.2) is 36.5 Å². The zero-order valence-corrected chi connectivity index (χ0v) is 10.3. The molecule has 3 heteroatoms. The summed E-state index contributed by atoms with van der Waals surface area (Å²) in [5.41, 5.74) is 1.03. The summed E-state index contributed by atoms with van der Waals surface area (Å²) < 4.78 is 5.06. The van der Waals surface area contributed by atoms with Gasteiger partial charge in [0.2, 0.25) is 0 Å². The molecule has 1 aliphatic carbocycles. The van der Waals surface area contributed by atoms with E-state index in [0.29, 0.717) is 6.61 Å². The van der Waals surface area contributed by atoms with Crippen LogP contribution in [0.4, 0.5) is 0 Å². The van der Waals surface area contributed by atoms with Crippen molar-refractivity contribution >= 4 is 16.7 Å². The summed E-state index contributed by atoms with van der Waals surface area (Å²) in [4.78, 5) is 16.1. The minimum atomic E-state index is -0.0859. The number of fused-ring (bicyclic) bond motifs is 1. The summed E-state index contributed by atoms with van der Waals surface area (Å²) in [5, 5.41) is 2.33. The second-order valence-electron chi connectivity index (χ2n) is 4.62. The third-order valence-corrected chi connectivity index (χ3v) is 3.44. The Morgan fingerprint density at radius 3 is 3.06 bits per heavy atom. The minimum Gasteiger partial charge on any atom is -0.466 e. The number of esters is 1. The average molecular weight is 241 g/mol.